The average Bonchev–Trinajstić information content (AvgIpc) is 2.55. The summed E-state index contributed by atoms with van der Waals surface area (Å²) in [7, 11) is 1.70. The molecule has 0 spiro atoms. The van der Waals surface area contributed by atoms with E-state index < -0.39 is 0 Å². The van der Waals surface area contributed by atoms with Crippen molar-refractivity contribution in [3.8, 4) is 5.75 Å². The zero-order valence-corrected chi connectivity index (χ0v) is 13.5. The Kier molecular flexibility index (Phi) is 5.99. The third-order valence-electron chi connectivity index (χ3n) is 3.92. The maximum absolute atomic E-state index is 9.36. The summed E-state index contributed by atoms with van der Waals surface area (Å²) < 4.78 is 5.48. The Balaban J connectivity index is 2.21. The van der Waals surface area contributed by atoms with Gasteiger partial charge in [-0.05, 0) is 31.9 Å². The van der Waals surface area contributed by atoms with Crippen LogP contribution in [0.4, 0.5) is 0 Å². The topological polar surface area (TPSA) is 41.5 Å². The van der Waals surface area contributed by atoms with E-state index in [9.17, 15) is 5.11 Å². The van der Waals surface area contributed by atoms with Gasteiger partial charge >= 0.3 is 0 Å². The second-order valence-electron chi connectivity index (χ2n) is 5.61. The molecule has 0 aromatic heterocycles. The highest BCUT2D eigenvalue weighted by Gasteiger charge is 2.17. The number of nitrogens with one attached hydrogen (secondary N) is 1. The molecule has 0 aliphatic heterocycles. The standard InChI is InChI=1S/C19H25NO2/c1-14-9-10-19(22-3)17(13-14)15(2)20-18(11-12-21)16-7-5-4-6-8-16/h4-10,13,15,18,20-21H,11-12H2,1-3H3/t15-,18+/m0/s1. The molecule has 0 unspecified atom stereocenters. The Morgan fingerprint density at radius 2 is 1.86 bits per heavy atom. The summed E-state index contributed by atoms with van der Waals surface area (Å²) in [6, 6.07) is 16.7. The summed E-state index contributed by atoms with van der Waals surface area (Å²) in [5, 5.41) is 13.0. The van der Waals surface area contributed by atoms with Crippen LogP contribution in [-0.2, 0) is 0 Å². The summed E-state index contributed by atoms with van der Waals surface area (Å²) in [6.07, 6.45) is 0.683. The lowest BCUT2D eigenvalue weighted by molar-refractivity contribution is 0.259. The van der Waals surface area contributed by atoms with E-state index in [1.54, 1.807) is 7.11 Å². The molecule has 22 heavy (non-hydrogen) atoms. The molecule has 0 aliphatic carbocycles. The number of aliphatic hydroxyl groups is 1. The summed E-state index contributed by atoms with van der Waals surface area (Å²) in [5.41, 5.74) is 3.54. The summed E-state index contributed by atoms with van der Waals surface area (Å²) in [4.78, 5) is 0. The number of ether oxygens (including phenoxy) is 1. The van der Waals surface area contributed by atoms with E-state index in [2.05, 4.69) is 43.4 Å². The monoisotopic (exact) mass is 299 g/mol. The van der Waals surface area contributed by atoms with E-state index in [0.29, 0.717) is 6.42 Å². The van der Waals surface area contributed by atoms with Gasteiger partial charge in [0.1, 0.15) is 5.75 Å². The molecule has 0 fully saturated rings. The zero-order chi connectivity index (χ0) is 15.9. The van der Waals surface area contributed by atoms with Crippen LogP contribution in [0.3, 0.4) is 0 Å². The van der Waals surface area contributed by atoms with Crippen LogP contribution in [-0.4, -0.2) is 18.8 Å². The summed E-state index contributed by atoms with van der Waals surface area (Å²) in [5.74, 6) is 0.890. The van der Waals surface area contributed by atoms with Crippen molar-refractivity contribution in [3.63, 3.8) is 0 Å². The van der Waals surface area contributed by atoms with Gasteiger partial charge in [0.15, 0.2) is 0 Å². The van der Waals surface area contributed by atoms with E-state index in [4.69, 9.17) is 4.74 Å². The molecule has 0 amide bonds. The van der Waals surface area contributed by atoms with Crippen molar-refractivity contribution in [1.29, 1.82) is 0 Å². The SMILES string of the molecule is COc1ccc(C)cc1[C@H](C)N[C@H](CCO)c1ccccc1. The molecule has 0 saturated carbocycles. The lowest BCUT2D eigenvalue weighted by atomic mass is 9.99. The molecule has 2 N–H and O–H groups in total. The fourth-order valence-electron chi connectivity index (χ4n) is 2.74. The van der Waals surface area contributed by atoms with Gasteiger partial charge in [-0.3, -0.25) is 0 Å². The lowest BCUT2D eigenvalue weighted by Gasteiger charge is -2.25. The second-order valence-corrected chi connectivity index (χ2v) is 5.61. The van der Waals surface area contributed by atoms with Crippen LogP contribution in [0, 0.1) is 6.92 Å². The van der Waals surface area contributed by atoms with Gasteiger partial charge in [-0.15, -0.1) is 0 Å². The number of hydrogen-bond donors (Lipinski definition) is 2. The van der Waals surface area contributed by atoms with Gasteiger partial charge in [0, 0.05) is 24.3 Å². The van der Waals surface area contributed by atoms with E-state index in [-0.39, 0.29) is 18.7 Å². The normalized spacial score (nSPS) is 13.6. The van der Waals surface area contributed by atoms with Gasteiger partial charge in [-0.2, -0.15) is 0 Å². The van der Waals surface area contributed by atoms with Crippen molar-refractivity contribution in [2.24, 2.45) is 0 Å². The number of aryl methyl sites for hydroxylation is 1. The van der Waals surface area contributed by atoms with Crippen molar-refractivity contribution < 1.29 is 9.84 Å². The quantitative estimate of drug-likeness (QED) is 0.817. The minimum absolute atomic E-state index is 0.117. The minimum atomic E-state index is 0.117. The Labute approximate surface area is 133 Å². The van der Waals surface area contributed by atoms with E-state index in [1.165, 1.54) is 11.1 Å². The lowest BCUT2D eigenvalue weighted by Crippen LogP contribution is -2.26. The molecule has 3 nitrogen and oxygen atoms in total. The van der Waals surface area contributed by atoms with Gasteiger partial charge in [0.2, 0.25) is 0 Å². The van der Waals surface area contributed by atoms with Gasteiger partial charge < -0.3 is 15.2 Å². The van der Waals surface area contributed by atoms with E-state index in [1.807, 2.05) is 24.3 Å². The third kappa shape index (κ3) is 4.09. The van der Waals surface area contributed by atoms with E-state index >= 15 is 0 Å². The Hall–Kier alpha value is -1.84. The summed E-state index contributed by atoms with van der Waals surface area (Å²) in [6.45, 7) is 4.37. The zero-order valence-electron chi connectivity index (χ0n) is 13.5. The van der Waals surface area contributed by atoms with Crippen molar-refractivity contribution in [3.05, 3.63) is 65.2 Å². The molecule has 2 rings (SSSR count). The van der Waals surface area contributed by atoms with Gasteiger partial charge in [0.25, 0.3) is 0 Å². The molecule has 0 aliphatic rings. The molecule has 0 saturated heterocycles. The maximum atomic E-state index is 9.36. The van der Waals surface area contributed by atoms with Crippen molar-refractivity contribution in [1.82, 2.24) is 5.32 Å². The largest absolute Gasteiger partial charge is 0.496 e. The predicted octanol–water partition coefficient (Wildman–Crippen LogP) is 3.78. The van der Waals surface area contributed by atoms with Gasteiger partial charge in [0.05, 0.1) is 7.11 Å². The molecular weight excluding hydrogens is 274 g/mol. The van der Waals surface area contributed by atoms with Crippen LogP contribution < -0.4 is 10.1 Å². The number of methoxy groups -OCH3 is 1. The van der Waals surface area contributed by atoms with Crippen LogP contribution in [0.2, 0.25) is 0 Å². The fourth-order valence-corrected chi connectivity index (χ4v) is 2.74. The van der Waals surface area contributed by atoms with E-state index in [0.717, 1.165) is 11.3 Å². The maximum Gasteiger partial charge on any atom is 0.123 e. The first-order valence-corrected chi connectivity index (χ1v) is 7.72. The second kappa shape index (κ2) is 7.97. The number of benzene rings is 2. The van der Waals surface area contributed by atoms with Crippen molar-refractivity contribution in [2.75, 3.05) is 13.7 Å². The van der Waals surface area contributed by atoms with Gasteiger partial charge in [-0.1, -0.05) is 48.0 Å². The highest BCUT2D eigenvalue weighted by Crippen LogP contribution is 2.29. The Morgan fingerprint density at radius 3 is 2.50 bits per heavy atom. The summed E-state index contributed by atoms with van der Waals surface area (Å²) >= 11 is 0. The van der Waals surface area contributed by atoms with Crippen LogP contribution in [0.15, 0.2) is 48.5 Å². The van der Waals surface area contributed by atoms with Crippen LogP contribution in [0.25, 0.3) is 0 Å². The molecule has 0 heterocycles. The molecule has 118 valence electrons. The molecule has 2 aromatic carbocycles. The van der Waals surface area contributed by atoms with Crippen LogP contribution in [0.1, 0.15) is 42.1 Å². The average molecular weight is 299 g/mol. The predicted molar refractivity (Wildman–Crippen MR) is 90.2 cm³/mol. The smallest absolute Gasteiger partial charge is 0.123 e. The molecule has 0 bridgehead atoms. The Bertz CT molecular complexity index is 583. The van der Waals surface area contributed by atoms with Crippen LogP contribution in [0.5, 0.6) is 5.75 Å². The van der Waals surface area contributed by atoms with Gasteiger partial charge in [-0.25, -0.2) is 0 Å². The number of aliphatic hydroxyl groups excluding tert-OH is 1. The molecule has 2 atom stereocenters. The first-order chi connectivity index (χ1) is 10.7. The number of rotatable bonds is 7. The highest BCUT2D eigenvalue weighted by molar-refractivity contribution is 5.39. The first kappa shape index (κ1) is 16.5. The molecule has 3 heteroatoms. The van der Waals surface area contributed by atoms with Crippen molar-refractivity contribution in [2.45, 2.75) is 32.4 Å². The molecule has 0 radical (unpaired) electrons. The Morgan fingerprint density at radius 1 is 1.14 bits per heavy atom. The van der Waals surface area contributed by atoms with Crippen molar-refractivity contribution >= 4 is 0 Å². The highest BCUT2D eigenvalue weighted by atomic mass is 16.5. The number of hydrogen-bond acceptors (Lipinski definition) is 3. The molecule has 2 aromatic rings. The third-order valence-corrected chi connectivity index (χ3v) is 3.92. The molecular formula is C19H25NO2. The minimum Gasteiger partial charge on any atom is -0.496 e. The van der Waals surface area contributed by atoms with Crippen LogP contribution >= 0.6 is 0 Å². The fraction of sp³-hybridized carbons (Fsp3) is 0.368. The first-order valence-electron chi connectivity index (χ1n) is 7.72.